The monoisotopic (exact) mass is 385 g/mol. The number of aromatic nitrogens is 4. The van der Waals surface area contributed by atoms with Gasteiger partial charge in [0, 0.05) is 11.3 Å². The predicted molar refractivity (Wildman–Crippen MR) is 105 cm³/mol. The highest BCUT2D eigenvalue weighted by molar-refractivity contribution is 7.18. The van der Waals surface area contributed by atoms with Gasteiger partial charge in [0.15, 0.2) is 5.82 Å². The van der Waals surface area contributed by atoms with E-state index in [-0.39, 0.29) is 18.0 Å². The number of carbonyl (C=O) groups excluding carboxylic acids is 1. The minimum absolute atomic E-state index is 0.250. The van der Waals surface area contributed by atoms with Crippen molar-refractivity contribution in [2.24, 2.45) is 5.92 Å². The summed E-state index contributed by atoms with van der Waals surface area (Å²) in [5.74, 6) is 1.87. The molecule has 7 nitrogen and oxygen atoms in total. The third-order valence-electron chi connectivity index (χ3n) is 5.00. The van der Waals surface area contributed by atoms with Crippen LogP contribution in [0.15, 0.2) is 6.20 Å². The van der Waals surface area contributed by atoms with Gasteiger partial charge in [-0.05, 0) is 37.7 Å². The Hall–Kier alpha value is -2.48. The van der Waals surface area contributed by atoms with Gasteiger partial charge in [-0.25, -0.2) is 14.8 Å². The Morgan fingerprint density at radius 1 is 1.41 bits per heavy atom. The molecule has 142 valence electrons. The van der Waals surface area contributed by atoms with Gasteiger partial charge in [-0.2, -0.15) is 9.78 Å². The van der Waals surface area contributed by atoms with Crippen LogP contribution >= 0.6 is 11.3 Å². The summed E-state index contributed by atoms with van der Waals surface area (Å²) in [6, 6.07) is 0. The Morgan fingerprint density at radius 2 is 2.22 bits per heavy atom. The third kappa shape index (κ3) is 2.97. The van der Waals surface area contributed by atoms with Crippen molar-refractivity contribution in [1.82, 2.24) is 19.7 Å². The Labute approximate surface area is 161 Å². The summed E-state index contributed by atoms with van der Waals surface area (Å²) in [5.41, 5.74) is 7.83. The van der Waals surface area contributed by atoms with E-state index in [0.717, 1.165) is 35.3 Å². The molecule has 0 fully saturated rings. The molecule has 27 heavy (non-hydrogen) atoms. The minimum Gasteiger partial charge on any atom is -0.462 e. The topological polar surface area (TPSA) is 95.9 Å². The molecule has 0 saturated heterocycles. The molecule has 8 heteroatoms. The lowest BCUT2D eigenvalue weighted by atomic mass is 9.89. The van der Waals surface area contributed by atoms with E-state index in [9.17, 15) is 4.79 Å². The lowest BCUT2D eigenvalue weighted by Crippen LogP contribution is -2.12. The van der Waals surface area contributed by atoms with Crippen molar-refractivity contribution >= 4 is 33.3 Å². The zero-order chi connectivity index (χ0) is 19.1. The molecule has 0 saturated carbocycles. The van der Waals surface area contributed by atoms with Crippen LogP contribution in [0.1, 0.15) is 53.8 Å². The number of aryl methyl sites for hydroxylation is 2. The van der Waals surface area contributed by atoms with Gasteiger partial charge in [-0.3, -0.25) is 0 Å². The Morgan fingerprint density at radius 3 is 2.96 bits per heavy atom. The van der Waals surface area contributed by atoms with Gasteiger partial charge in [-0.1, -0.05) is 13.8 Å². The molecule has 0 amide bonds. The Kier molecular flexibility index (Phi) is 4.59. The van der Waals surface area contributed by atoms with Gasteiger partial charge in [0.05, 0.1) is 18.2 Å². The van der Waals surface area contributed by atoms with E-state index in [1.165, 1.54) is 16.6 Å². The molecule has 0 bridgehead atoms. The Bertz CT molecular complexity index is 1020. The summed E-state index contributed by atoms with van der Waals surface area (Å²) in [4.78, 5) is 24.0. The number of esters is 1. The number of nitrogen functional groups attached to an aromatic ring is 1. The average Bonchev–Trinajstić information content (AvgIpc) is 3.20. The third-order valence-corrected chi connectivity index (χ3v) is 6.15. The van der Waals surface area contributed by atoms with E-state index in [1.54, 1.807) is 22.9 Å². The molecule has 0 unspecified atom stereocenters. The first-order valence-corrected chi connectivity index (χ1v) is 10.2. The largest absolute Gasteiger partial charge is 0.462 e. The molecule has 1 atom stereocenters. The number of fused-ring (bicyclic) bond motifs is 3. The zero-order valence-electron chi connectivity index (χ0n) is 15.8. The van der Waals surface area contributed by atoms with Crippen LogP contribution in [0.5, 0.6) is 0 Å². The molecule has 2 N–H and O–H groups in total. The molecule has 4 rings (SSSR count). The molecule has 0 spiro atoms. The number of nitrogens with zero attached hydrogens (tertiary/aromatic N) is 4. The molecule has 3 heterocycles. The first kappa shape index (κ1) is 17.9. The van der Waals surface area contributed by atoms with Crippen molar-refractivity contribution < 1.29 is 9.53 Å². The molecule has 0 aliphatic heterocycles. The van der Waals surface area contributed by atoms with Crippen molar-refractivity contribution in [3.8, 4) is 5.82 Å². The molecular weight excluding hydrogens is 362 g/mol. The Balaban J connectivity index is 1.92. The second-order valence-electron chi connectivity index (χ2n) is 6.92. The fourth-order valence-electron chi connectivity index (χ4n) is 3.57. The minimum atomic E-state index is -0.469. The van der Waals surface area contributed by atoms with Gasteiger partial charge >= 0.3 is 5.97 Å². The average molecular weight is 385 g/mol. The number of anilines is 1. The fraction of sp³-hybridized carbons (Fsp3) is 0.474. The zero-order valence-corrected chi connectivity index (χ0v) is 16.6. The van der Waals surface area contributed by atoms with E-state index >= 15 is 0 Å². The maximum absolute atomic E-state index is 12.1. The SMILES string of the molecule is CCOC(=O)c1cnn(-c2nc(CC)nc3sc4c(c23)CC[C@@H](C)C4)c1N. The maximum atomic E-state index is 12.1. The molecule has 3 aromatic heterocycles. The lowest BCUT2D eigenvalue weighted by molar-refractivity contribution is 0.0527. The van der Waals surface area contributed by atoms with Crippen LogP contribution in [-0.2, 0) is 24.0 Å². The highest BCUT2D eigenvalue weighted by Gasteiger charge is 2.26. The number of hydrogen-bond donors (Lipinski definition) is 1. The summed E-state index contributed by atoms with van der Waals surface area (Å²) in [6.07, 6.45) is 5.39. The van der Waals surface area contributed by atoms with Gasteiger partial charge in [0.25, 0.3) is 0 Å². The quantitative estimate of drug-likeness (QED) is 0.692. The van der Waals surface area contributed by atoms with Gasteiger partial charge in [-0.15, -0.1) is 11.3 Å². The highest BCUT2D eigenvalue weighted by atomic mass is 32.1. The number of ether oxygens (including phenoxy) is 1. The normalized spacial score (nSPS) is 16.5. The van der Waals surface area contributed by atoms with Crippen molar-refractivity contribution in [2.75, 3.05) is 12.3 Å². The molecule has 1 aliphatic carbocycles. The molecule has 3 aromatic rings. The molecular formula is C19H23N5O2S. The smallest absolute Gasteiger partial charge is 0.343 e. The van der Waals surface area contributed by atoms with Crippen LogP contribution < -0.4 is 5.73 Å². The summed E-state index contributed by atoms with van der Waals surface area (Å²) >= 11 is 1.74. The second kappa shape index (κ2) is 6.92. The van der Waals surface area contributed by atoms with Crippen LogP contribution in [0.4, 0.5) is 5.82 Å². The van der Waals surface area contributed by atoms with E-state index in [1.807, 2.05) is 6.92 Å². The van der Waals surface area contributed by atoms with Crippen molar-refractivity contribution in [3.05, 3.63) is 28.0 Å². The predicted octanol–water partition coefficient (Wildman–Crippen LogP) is 3.32. The molecule has 0 aromatic carbocycles. The van der Waals surface area contributed by atoms with E-state index in [0.29, 0.717) is 18.2 Å². The van der Waals surface area contributed by atoms with E-state index in [2.05, 4.69) is 12.0 Å². The fourth-order valence-corrected chi connectivity index (χ4v) is 4.97. The maximum Gasteiger partial charge on any atom is 0.343 e. The van der Waals surface area contributed by atoms with Crippen molar-refractivity contribution in [3.63, 3.8) is 0 Å². The summed E-state index contributed by atoms with van der Waals surface area (Å²) < 4.78 is 6.63. The van der Waals surface area contributed by atoms with Gasteiger partial charge in [0.2, 0.25) is 0 Å². The second-order valence-corrected chi connectivity index (χ2v) is 8.01. The first-order valence-electron chi connectivity index (χ1n) is 9.35. The number of carbonyl (C=O) groups is 1. The summed E-state index contributed by atoms with van der Waals surface area (Å²) in [5, 5.41) is 5.38. The first-order chi connectivity index (χ1) is 13.0. The van der Waals surface area contributed by atoms with E-state index in [4.69, 9.17) is 20.4 Å². The van der Waals surface area contributed by atoms with Crippen molar-refractivity contribution in [1.29, 1.82) is 0 Å². The molecule has 1 aliphatic rings. The number of rotatable bonds is 4. The highest BCUT2D eigenvalue weighted by Crippen LogP contribution is 2.40. The van der Waals surface area contributed by atoms with Crippen LogP contribution in [-0.4, -0.2) is 32.3 Å². The number of thiophene rings is 1. The summed E-state index contributed by atoms with van der Waals surface area (Å²) in [7, 11) is 0. The number of hydrogen-bond acceptors (Lipinski definition) is 7. The van der Waals surface area contributed by atoms with Gasteiger partial charge in [0.1, 0.15) is 22.0 Å². The van der Waals surface area contributed by atoms with E-state index < -0.39 is 5.97 Å². The molecule has 0 radical (unpaired) electrons. The van der Waals surface area contributed by atoms with Crippen LogP contribution in [0.3, 0.4) is 0 Å². The van der Waals surface area contributed by atoms with Crippen LogP contribution in [0, 0.1) is 5.92 Å². The summed E-state index contributed by atoms with van der Waals surface area (Å²) in [6.45, 7) is 6.36. The van der Waals surface area contributed by atoms with Crippen LogP contribution in [0.25, 0.3) is 16.0 Å². The van der Waals surface area contributed by atoms with Gasteiger partial charge < -0.3 is 10.5 Å². The van der Waals surface area contributed by atoms with Crippen molar-refractivity contribution in [2.45, 2.75) is 46.5 Å². The number of nitrogens with two attached hydrogens (primary N) is 1. The van der Waals surface area contributed by atoms with Crippen LogP contribution in [0.2, 0.25) is 0 Å². The standard InChI is InChI=1S/C19H23N5O2S/c1-4-14-22-17(24-16(20)12(9-21-24)19(25)26-5-2)15-11-7-6-10(3)8-13(11)27-18(15)23-14/h9-10H,4-8,20H2,1-3H3/t10-/m1/s1. The lowest BCUT2D eigenvalue weighted by Gasteiger charge is -2.18.